The van der Waals surface area contributed by atoms with Gasteiger partial charge in [0, 0.05) is 34.9 Å². The molecule has 0 aliphatic rings. The number of likely N-dealkylation sites (N-methyl/N-ethyl adjacent to an activating group) is 1. The number of hydrogen-bond donors (Lipinski definition) is 2. The summed E-state index contributed by atoms with van der Waals surface area (Å²) in [6, 6.07) is 5.63. The quantitative estimate of drug-likeness (QED) is 0.880. The van der Waals surface area contributed by atoms with Crippen LogP contribution in [0, 0.1) is 0 Å². The lowest BCUT2D eigenvalue weighted by Gasteiger charge is -2.18. The molecule has 0 saturated heterocycles. The van der Waals surface area contributed by atoms with Crippen LogP contribution in [0.4, 0.5) is 0 Å². The Labute approximate surface area is 117 Å². The second-order valence-electron chi connectivity index (χ2n) is 4.02. The van der Waals surface area contributed by atoms with Gasteiger partial charge in [-0.15, -0.1) is 0 Å². The van der Waals surface area contributed by atoms with Gasteiger partial charge in [-0.2, -0.15) is 0 Å². The van der Waals surface area contributed by atoms with Gasteiger partial charge >= 0.3 is 0 Å². The number of halogens is 2. The monoisotopic (exact) mass is 283 g/mol. The van der Waals surface area contributed by atoms with Crippen LogP contribution < -0.4 is 5.32 Å². The van der Waals surface area contributed by atoms with Crippen LogP contribution in [0.5, 0.6) is 0 Å². The van der Waals surface area contributed by atoms with Crippen LogP contribution in [0.1, 0.15) is 24.4 Å². The van der Waals surface area contributed by atoms with Crippen LogP contribution in [-0.4, -0.2) is 16.5 Å². The van der Waals surface area contributed by atoms with E-state index in [2.05, 4.69) is 22.2 Å². The molecule has 2 N–H and O–H groups in total. The highest BCUT2D eigenvalue weighted by Gasteiger charge is 2.16. The highest BCUT2D eigenvalue weighted by Crippen LogP contribution is 2.28. The van der Waals surface area contributed by atoms with Gasteiger partial charge in [0.1, 0.15) is 5.82 Å². The van der Waals surface area contributed by atoms with Gasteiger partial charge in [0.25, 0.3) is 0 Å². The number of nitrogens with zero attached hydrogens (tertiary/aromatic N) is 1. The van der Waals surface area contributed by atoms with E-state index in [1.807, 2.05) is 18.3 Å². The summed E-state index contributed by atoms with van der Waals surface area (Å²) in [6.07, 6.45) is 4.32. The van der Waals surface area contributed by atoms with Gasteiger partial charge in [0.2, 0.25) is 0 Å². The lowest BCUT2D eigenvalue weighted by molar-refractivity contribution is 0.539. The summed E-state index contributed by atoms with van der Waals surface area (Å²) in [6.45, 7) is 2.92. The van der Waals surface area contributed by atoms with Crippen LogP contribution in [-0.2, 0) is 6.42 Å². The molecule has 1 unspecified atom stereocenters. The van der Waals surface area contributed by atoms with Crippen LogP contribution in [0.2, 0.25) is 10.0 Å². The number of rotatable bonds is 5. The van der Waals surface area contributed by atoms with Crippen molar-refractivity contribution < 1.29 is 0 Å². The predicted molar refractivity (Wildman–Crippen MR) is 75.2 cm³/mol. The third-order valence-corrected chi connectivity index (χ3v) is 3.32. The average molecular weight is 284 g/mol. The molecular weight excluding hydrogens is 269 g/mol. The number of imidazole rings is 1. The van der Waals surface area contributed by atoms with Crippen molar-refractivity contribution in [3.8, 4) is 0 Å². The molecule has 0 spiro atoms. The molecular formula is C13H15Cl2N3. The Balaban J connectivity index is 2.26. The molecule has 0 radical (unpaired) electrons. The minimum Gasteiger partial charge on any atom is -0.349 e. The fraction of sp³-hybridized carbons (Fsp3) is 0.308. The summed E-state index contributed by atoms with van der Waals surface area (Å²) in [5, 5.41) is 4.81. The van der Waals surface area contributed by atoms with Crippen molar-refractivity contribution in [2.45, 2.75) is 19.4 Å². The summed E-state index contributed by atoms with van der Waals surface area (Å²) in [5.74, 6) is 0.928. The van der Waals surface area contributed by atoms with Gasteiger partial charge in [-0.1, -0.05) is 30.1 Å². The third kappa shape index (κ3) is 3.25. The van der Waals surface area contributed by atoms with Gasteiger partial charge in [-0.05, 0) is 30.3 Å². The van der Waals surface area contributed by atoms with Crippen LogP contribution >= 0.6 is 23.2 Å². The average Bonchev–Trinajstić information content (AvgIpc) is 2.85. The molecule has 1 heterocycles. The highest BCUT2D eigenvalue weighted by atomic mass is 35.5. The number of aromatic amines is 1. The molecule has 2 aromatic rings. The van der Waals surface area contributed by atoms with Gasteiger partial charge < -0.3 is 10.3 Å². The molecule has 0 aliphatic heterocycles. The highest BCUT2D eigenvalue weighted by molar-refractivity contribution is 6.33. The maximum Gasteiger partial charge on any atom is 0.107 e. The SMILES string of the molecule is CCNC(Cc1ncc[nH]1)c1cc(Cl)ccc1Cl. The maximum atomic E-state index is 6.24. The number of H-pyrrole nitrogens is 1. The van der Waals surface area contributed by atoms with Crippen molar-refractivity contribution >= 4 is 23.2 Å². The summed E-state index contributed by atoms with van der Waals surface area (Å²) < 4.78 is 0. The maximum absolute atomic E-state index is 6.24. The zero-order chi connectivity index (χ0) is 13.0. The molecule has 0 amide bonds. The van der Waals surface area contributed by atoms with E-state index < -0.39 is 0 Å². The minimum atomic E-state index is 0.104. The molecule has 2 rings (SSSR count). The molecule has 1 atom stereocenters. The summed E-state index contributed by atoms with van der Waals surface area (Å²) in [4.78, 5) is 7.35. The van der Waals surface area contributed by atoms with Gasteiger partial charge in [-0.25, -0.2) is 4.98 Å². The molecule has 0 aliphatic carbocycles. The Morgan fingerprint density at radius 1 is 1.39 bits per heavy atom. The summed E-state index contributed by atoms with van der Waals surface area (Å²) in [7, 11) is 0. The van der Waals surface area contributed by atoms with Crippen LogP contribution in [0.15, 0.2) is 30.6 Å². The molecule has 5 heteroatoms. The first-order chi connectivity index (χ1) is 8.70. The van der Waals surface area contributed by atoms with Crippen molar-refractivity contribution in [2.24, 2.45) is 0 Å². The second kappa shape index (κ2) is 6.23. The predicted octanol–water partition coefficient (Wildman–Crippen LogP) is 3.61. The second-order valence-corrected chi connectivity index (χ2v) is 4.86. The van der Waals surface area contributed by atoms with Gasteiger partial charge in [0.15, 0.2) is 0 Å². The number of hydrogen-bond acceptors (Lipinski definition) is 2. The lowest BCUT2D eigenvalue weighted by atomic mass is 10.0. The van der Waals surface area contributed by atoms with Crippen molar-refractivity contribution in [1.82, 2.24) is 15.3 Å². The molecule has 1 aromatic carbocycles. The molecule has 96 valence electrons. The largest absolute Gasteiger partial charge is 0.349 e. The molecule has 18 heavy (non-hydrogen) atoms. The molecule has 1 aromatic heterocycles. The zero-order valence-electron chi connectivity index (χ0n) is 10.1. The van der Waals surface area contributed by atoms with E-state index in [1.54, 1.807) is 12.3 Å². The van der Waals surface area contributed by atoms with E-state index in [4.69, 9.17) is 23.2 Å². The van der Waals surface area contributed by atoms with E-state index in [0.717, 1.165) is 29.4 Å². The first-order valence-electron chi connectivity index (χ1n) is 5.87. The zero-order valence-corrected chi connectivity index (χ0v) is 11.6. The fourth-order valence-electron chi connectivity index (χ4n) is 1.92. The fourth-order valence-corrected chi connectivity index (χ4v) is 2.35. The van der Waals surface area contributed by atoms with Crippen molar-refractivity contribution in [2.75, 3.05) is 6.54 Å². The number of aromatic nitrogens is 2. The Hall–Kier alpha value is -1.03. The number of nitrogens with one attached hydrogen (secondary N) is 2. The third-order valence-electron chi connectivity index (χ3n) is 2.74. The lowest BCUT2D eigenvalue weighted by Crippen LogP contribution is -2.23. The Morgan fingerprint density at radius 3 is 2.89 bits per heavy atom. The van der Waals surface area contributed by atoms with Gasteiger partial charge in [0.05, 0.1) is 0 Å². The van der Waals surface area contributed by atoms with E-state index in [9.17, 15) is 0 Å². The van der Waals surface area contributed by atoms with E-state index in [1.165, 1.54) is 0 Å². The summed E-state index contributed by atoms with van der Waals surface area (Å²) >= 11 is 12.3. The standard InChI is InChI=1S/C13H15Cl2N3/c1-2-16-12(8-13-17-5-6-18-13)10-7-9(14)3-4-11(10)15/h3-7,12,16H,2,8H2,1H3,(H,17,18). The normalized spacial score (nSPS) is 12.6. The summed E-state index contributed by atoms with van der Waals surface area (Å²) in [5.41, 5.74) is 1.00. The van der Waals surface area contributed by atoms with E-state index >= 15 is 0 Å². The Kier molecular flexibility index (Phi) is 4.64. The van der Waals surface area contributed by atoms with Crippen LogP contribution in [0.3, 0.4) is 0 Å². The Bertz CT molecular complexity index is 497. The minimum absolute atomic E-state index is 0.104. The van der Waals surface area contributed by atoms with Crippen molar-refractivity contribution in [3.63, 3.8) is 0 Å². The smallest absolute Gasteiger partial charge is 0.107 e. The van der Waals surface area contributed by atoms with Gasteiger partial charge in [-0.3, -0.25) is 0 Å². The first-order valence-corrected chi connectivity index (χ1v) is 6.63. The Morgan fingerprint density at radius 2 is 2.22 bits per heavy atom. The van der Waals surface area contributed by atoms with E-state index in [-0.39, 0.29) is 6.04 Å². The molecule has 0 bridgehead atoms. The molecule has 0 saturated carbocycles. The van der Waals surface area contributed by atoms with Crippen molar-refractivity contribution in [3.05, 3.63) is 52.0 Å². The number of benzene rings is 1. The van der Waals surface area contributed by atoms with E-state index in [0.29, 0.717) is 5.02 Å². The van der Waals surface area contributed by atoms with Crippen molar-refractivity contribution in [1.29, 1.82) is 0 Å². The molecule has 3 nitrogen and oxygen atoms in total. The first kappa shape index (κ1) is 13.4. The van der Waals surface area contributed by atoms with Crippen LogP contribution in [0.25, 0.3) is 0 Å². The topological polar surface area (TPSA) is 40.7 Å². The molecule has 0 fully saturated rings.